The fourth-order valence-electron chi connectivity index (χ4n) is 1.98. The zero-order valence-corrected chi connectivity index (χ0v) is 11.4. The fraction of sp³-hybridized carbons (Fsp3) is 0.400. The van der Waals surface area contributed by atoms with Crippen LogP contribution in [0.4, 0.5) is 5.82 Å². The molecule has 0 spiro atoms. The van der Waals surface area contributed by atoms with Gasteiger partial charge in [-0.1, -0.05) is 11.6 Å². The third-order valence-corrected chi connectivity index (χ3v) is 4.27. The summed E-state index contributed by atoms with van der Waals surface area (Å²) in [7, 11) is 0. The summed E-state index contributed by atoms with van der Waals surface area (Å²) in [5.41, 5.74) is 0.706. The number of hydrogen-bond donors (Lipinski definition) is 1. The van der Waals surface area contributed by atoms with E-state index in [0.29, 0.717) is 21.9 Å². The second kappa shape index (κ2) is 3.83. The highest BCUT2D eigenvalue weighted by molar-refractivity contribution is 9.10. The number of anilines is 1. The van der Waals surface area contributed by atoms with E-state index in [-0.39, 0.29) is 12.1 Å². The Hall–Kier alpha value is -0.850. The van der Waals surface area contributed by atoms with Gasteiger partial charge in [-0.25, -0.2) is 9.97 Å². The van der Waals surface area contributed by atoms with Crippen LogP contribution in [0.25, 0.3) is 5.65 Å². The standard InChI is InChI=1S/C10H10BrClN4O/c1-5-6(17)4-16(5)10-9-13-2-3-15(9)8(12)7(11)14-10/h2-3,5-6,17H,4H2,1H3/t5-,6+/m0/s1. The zero-order chi connectivity index (χ0) is 12.2. The Balaban J connectivity index is 2.17. The van der Waals surface area contributed by atoms with Gasteiger partial charge in [0.05, 0.1) is 12.1 Å². The van der Waals surface area contributed by atoms with Gasteiger partial charge < -0.3 is 10.0 Å². The molecule has 5 nitrogen and oxygen atoms in total. The topological polar surface area (TPSA) is 53.7 Å². The lowest BCUT2D eigenvalue weighted by Crippen LogP contribution is -2.59. The van der Waals surface area contributed by atoms with Crippen LogP contribution < -0.4 is 4.90 Å². The van der Waals surface area contributed by atoms with Crippen LogP contribution in [-0.2, 0) is 0 Å². The smallest absolute Gasteiger partial charge is 0.181 e. The van der Waals surface area contributed by atoms with Crippen molar-refractivity contribution < 1.29 is 5.11 Å². The van der Waals surface area contributed by atoms with Crippen molar-refractivity contribution in [3.05, 3.63) is 22.1 Å². The first kappa shape index (κ1) is 11.3. The van der Waals surface area contributed by atoms with Crippen molar-refractivity contribution >= 4 is 39.0 Å². The van der Waals surface area contributed by atoms with Crippen molar-refractivity contribution in [2.45, 2.75) is 19.1 Å². The van der Waals surface area contributed by atoms with Crippen molar-refractivity contribution in [2.75, 3.05) is 11.4 Å². The van der Waals surface area contributed by atoms with Crippen LogP contribution in [0, 0.1) is 0 Å². The SMILES string of the molecule is C[C@H]1[C@H](O)CN1c1nc(Br)c(Cl)n2ccnc12. The van der Waals surface area contributed by atoms with E-state index in [4.69, 9.17) is 11.6 Å². The maximum Gasteiger partial charge on any atom is 0.181 e. The maximum atomic E-state index is 9.56. The third-order valence-electron chi connectivity index (χ3n) is 3.13. The van der Waals surface area contributed by atoms with Gasteiger partial charge in [-0.15, -0.1) is 0 Å². The molecule has 0 amide bonds. The number of hydrogen-bond acceptors (Lipinski definition) is 4. The van der Waals surface area contributed by atoms with Gasteiger partial charge in [-0.05, 0) is 22.9 Å². The highest BCUT2D eigenvalue weighted by Gasteiger charge is 2.36. The summed E-state index contributed by atoms with van der Waals surface area (Å²) in [5, 5.41) is 10.1. The number of fused-ring (bicyclic) bond motifs is 1. The molecule has 0 saturated carbocycles. The van der Waals surface area contributed by atoms with Crippen LogP contribution in [0.1, 0.15) is 6.92 Å². The van der Waals surface area contributed by atoms with Gasteiger partial charge in [0.2, 0.25) is 0 Å². The van der Waals surface area contributed by atoms with Crippen LogP contribution in [-0.4, -0.2) is 38.2 Å². The normalized spacial score (nSPS) is 24.1. The molecule has 0 bridgehead atoms. The first-order valence-corrected chi connectivity index (χ1v) is 6.39. The van der Waals surface area contributed by atoms with E-state index >= 15 is 0 Å². The van der Waals surface area contributed by atoms with E-state index in [1.165, 1.54) is 0 Å². The average Bonchev–Trinajstić information content (AvgIpc) is 2.80. The molecule has 1 N–H and O–H groups in total. The molecule has 0 radical (unpaired) electrons. The van der Waals surface area contributed by atoms with E-state index in [2.05, 4.69) is 25.9 Å². The van der Waals surface area contributed by atoms with E-state index in [1.54, 1.807) is 16.8 Å². The number of nitrogens with zero attached hydrogens (tertiary/aromatic N) is 4. The molecule has 2 aromatic heterocycles. The zero-order valence-electron chi connectivity index (χ0n) is 9.01. The van der Waals surface area contributed by atoms with Crippen LogP contribution in [0.15, 0.2) is 17.0 Å². The molecule has 17 heavy (non-hydrogen) atoms. The first-order chi connectivity index (χ1) is 8.09. The molecule has 7 heteroatoms. The molecular formula is C10H10BrClN4O. The molecule has 0 aliphatic carbocycles. The molecule has 1 fully saturated rings. The Kier molecular flexibility index (Phi) is 2.53. The van der Waals surface area contributed by atoms with E-state index in [1.807, 2.05) is 11.8 Å². The van der Waals surface area contributed by atoms with Crippen molar-refractivity contribution in [3.8, 4) is 0 Å². The molecule has 2 atom stereocenters. The van der Waals surface area contributed by atoms with Gasteiger partial charge in [-0.2, -0.15) is 0 Å². The van der Waals surface area contributed by atoms with E-state index < -0.39 is 0 Å². The van der Waals surface area contributed by atoms with Crippen molar-refractivity contribution in [3.63, 3.8) is 0 Å². The van der Waals surface area contributed by atoms with Gasteiger partial charge in [0.15, 0.2) is 11.5 Å². The largest absolute Gasteiger partial charge is 0.389 e. The van der Waals surface area contributed by atoms with Gasteiger partial charge >= 0.3 is 0 Å². The number of β-amino-alcohol motifs (C(OH)–C–C–N with tert-alkyl or cyclic N) is 1. The Morgan fingerprint density at radius 2 is 2.35 bits per heavy atom. The minimum absolute atomic E-state index is 0.0519. The molecule has 1 saturated heterocycles. The van der Waals surface area contributed by atoms with Crippen molar-refractivity contribution in [2.24, 2.45) is 0 Å². The summed E-state index contributed by atoms with van der Waals surface area (Å²) < 4.78 is 2.35. The van der Waals surface area contributed by atoms with Crippen LogP contribution in [0.2, 0.25) is 5.15 Å². The molecule has 3 rings (SSSR count). The Morgan fingerprint density at radius 1 is 1.59 bits per heavy atom. The maximum absolute atomic E-state index is 9.56. The number of rotatable bonds is 1. The molecule has 3 heterocycles. The van der Waals surface area contributed by atoms with Crippen molar-refractivity contribution in [1.82, 2.24) is 14.4 Å². The number of aliphatic hydroxyl groups excluding tert-OH is 1. The summed E-state index contributed by atoms with van der Waals surface area (Å²) >= 11 is 9.44. The lowest BCUT2D eigenvalue weighted by Gasteiger charge is -2.44. The summed E-state index contributed by atoms with van der Waals surface area (Å²) in [4.78, 5) is 10.7. The number of halogens is 2. The van der Waals surface area contributed by atoms with E-state index in [0.717, 1.165) is 5.82 Å². The molecule has 1 aliphatic rings. The van der Waals surface area contributed by atoms with Crippen molar-refractivity contribution in [1.29, 1.82) is 0 Å². The van der Waals surface area contributed by atoms with Gasteiger partial charge in [0.25, 0.3) is 0 Å². The Bertz CT molecular complexity index is 587. The molecule has 2 aromatic rings. The summed E-state index contributed by atoms with van der Waals surface area (Å²) in [6.45, 7) is 2.53. The molecule has 0 aromatic carbocycles. The average molecular weight is 318 g/mol. The minimum atomic E-state index is -0.304. The van der Waals surface area contributed by atoms with Gasteiger partial charge in [0, 0.05) is 18.9 Å². The molecular weight excluding hydrogens is 307 g/mol. The lowest BCUT2D eigenvalue weighted by molar-refractivity contribution is 0.0988. The number of aliphatic hydroxyl groups is 1. The number of imidazole rings is 1. The molecule has 0 unspecified atom stereocenters. The Labute approximate surface area is 111 Å². The van der Waals surface area contributed by atoms with Gasteiger partial charge in [-0.3, -0.25) is 4.40 Å². The lowest BCUT2D eigenvalue weighted by atomic mass is 10.0. The number of aromatic nitrogens is 3. The van der Waals surface area contributed by atoms with Crippen LogP contribution in [0.3, 0.4) is 0 Å². The Morgan fingerprint density at radius 3 is 3.00 bits per heavy atom. The molecule has 1 aliphatic heterocycles. The van der Waals surface area contributed by atoms with Crippen LogP contribution >= 0.6 is 27.5 Å². The first-order valence-electron chi connectivity index (χ1n) is 5.22. The summed E-state index contributed by atoms with van der Waals surface area (Å²) in [5.74, 6) is 0.740. The second-order valence-corrected chi connectivity index (χ2v) is 5.21. The molecule has 90 valence electrons. The van der Waals surface area contributed by atoms with E-state index in [9.17, 15) is 5.11 Å². The minimum Gasteiger partial charge on any atom is -0.389 e. The third kappa shape index (κ3) is 1.55. The monoisotopic (exact) mass is 316 g/mol. The highest BCUT2D eigenvalue weighted by Crippen LogP contribution is 2.32. The summed E-state index contributed by atoms with van der Waals surface area (Å²) in [6, 6.07) is 0.0519. The predicted molar refractivity (Wildman–Crippen MR) is 68.5 cm³/mol. The summed E-state index contributed by atoms with van der Waals surface area (Å²) in [6.07, 6.45) is 3.16. The fourth-order valence-corrected chi connectivity index (χ4v) is 2.52. The quantitative estimate of drug-likeness (QED) is 0.870. The van der Waals surface area contributed by atoms with Gasteiger partial charge in [0.1, 0.15) is 9.76 Å². The van der Waals surface area contributed by atoms with Crippen LogP contribution in [0.5, 0.6) is 0 Å². The highest BCUT2D eigenvalue weighted by atomic mass is 79.9. The second-order valence-electron chi connectivity index (χ2n) is 4.10. The predicted octanol–water partition coefficient (Wildman–Crippen LogP) is 1.71.